The molecule has 0 unspecified atom stereocenters. The Morgan fingerprint density at radius 1 is 0.333 bits per heavy atom. The Morgan fingerprint density at radius 3 is 0.694 bits per heavy atom. The average molecular weight is 1520 g/mol. The summed E-state index contributed by atoms with van der Waals surface area (Å²) < 4.78 is 67.6. The van der Waals surface area contributed by atoms with Crippen LogP contribution in [0.5, 0.6) is 0 Å². The Hall–Kier alpha value is -10.5. The Labute approximate surface area is 612 Å². The number of hydrogen-bond donors (Lipinski definition) is 4. The highest BCUT2D eigenvalue weighted by Crippen LogP contribution is 2.44. The van der Waals surface area contributed by atoms with Crippen molar-refractivity contribution in [1.82, 2.24) is 0 Å². The molecule has 0 saturated carbocycles. The van der Waals surface area contributed by atoms with Crippen LogP contribution in [0.3, 0.4) is 0 Å². The van der Waals surface area contributed by atoms with Crippen LogP contribution in [-0.2, 0) is 56.8 Å². The fraction of sp³-hybridized carbons (Fsp3) is 0.562. The molecule has 0 amide bonds. The van der Waals surface area contributed by atoms with Gasteiger partial charge in [-0.25, -0.2) is 0 Å². The average Bonchev–Trinajstić information content (AvgIpc) is 1.66. The van der Waals surface area contributed by atoms with Crippen molar-refractivity contribution in [2.45, 2.75) is 127 Å². The van der Waals surface area contributed by atoms with Gasteiger partial charge in [0.1, 0.15) is 47.2 Å². The topological polar surface area (TPSA) is 553 Å². The summed E-state index contributed by atoms with van der Waals surface area (Å²) in [6, 6.07) is 13.4. The summed E-state index contributed by atoms with van der Waals surface area (Å²) in [5, 5.41) is 104. The first-order valence-electron chi connectivity index (χ1n) is 33.7. The summed E-state index contributed by atoms with van der Waals surface area (Å²) in [5.74, 6) is 0.488. The van der Waals surface area contributed by atoms with Crippen LogP contribution in [0.1, 0.15) is 53.4 Å². The highest BCUT2D eigenvalue weighted by molar-refractivity contribution is 5.72. The van der Waals surface area contributed by atoms with E-state index in [0.29, 0.717) is 26.4 Å². The first-order chi connectivity index (χ1) is 51.6. The standard InChI is InChI=1S/4C16H20N4O7/c4*1-9-5-10(15-14(8-25-2)26-16(9)27-15)7-17-18-12-4-3-11(19(21)22)6-13(12)20(23)24/h4*3-4,6-7,9-10,14-16,18H,5,8H2,1-2H3/b4*17-7+/t4*9-,10+,14+,15-,16+/m0000/s1. The number of rotatable bonds is 28. The molecule has 4 N–H and O–H groups in total. The van der Waals surface area contributed by atoms with Gasteiger partial charge >= 0.3 is 22.7 Å². The molecule has 12 rings (SSSR count). The Morgan fingerprint density at radius 2 is 0.528 bits per heavy atom. The molecule has 8 fully saturated rings. The van der Waals surface area contributed by atoms with Gasteiger partial charge in [0, 0.05) is 125 Å². The van der Waals surface area contributed by atoms with Crippen LogP contribution in [0.4, 0.5) is 68.2 Å². The Kier molecular flexibility index (Phi) is 28.2. The summed E-state index contributed by atoms with van der Waals surface area (Å²) in [4.78, 5) is 82.3. The lowest BCUT2D eigenvalue weighted by molar-refractivity contribution is -0.393. The molecule has 0 radical (unpaired) electrons. The summed E-state index contributed by atoms with van der Waals surface area (Å²) in [6.45, 7) is 9.69. The summed E-state index contributed by atoms with van der Waals surface area (Å²) in [5.41, 5.74) is 7.59. The van der Waals surface area contributed by atoms with E-state index >= 15 is 0 Å². The van der Waals surface area contributed by atoms with Crippen LogP contribution >= 0.6 is 0 Å². The van der Waals surface area contributed by atoms with Crippen LogP contribution in [0, 0.1) is 128 Å². The Bertz CT molecular complexity index is 3530. The fourth-order valence-corrected chi connectivity index (χ4v) is 13.5. The van der Waals surface area contributed by atoms with E-state index in [1.54, 1.807) is 53.3 Å². The third-order valence-corrected chi connectivity index (χ3v) is 18.7. The maximum absolute atomic E-state index is 11.2. The first kappa shape index (κ1) is 81.6. The van der Waals surface area contributed by atoms with E-state index < -0.39 is 62.1 Å². The van der Waals surface area contributed by atoms with Crippen molar-refractivity contribution in [3.05, 3.63) is 154 Å². The van der Waals surface area contributed by atoms with Gasteiger partial charge in [0.05, 0.1) is 114 Å². The third kappa shape index (κ3) is 20.2. The van der Waals surface area contributed by atoms with Crippen molar-refractivity contribution in [3.8, 4) is 0 Å². The van der Waals surface area contributed by atoms with E-state index in [4.69, 9.17) is 56.8 Å². The van der Waals surface area contributed by atoms with Gasteiger partial charge in [-0.15, -0.1) is 0 Å². The lowest BCUT2D eigenvalue weighted by Gasteiger charge is -2.30. The monoisotopic (exact) mass is 1520 g/mol. The quantitative estimate of drug-likeness (QED) is 0.0234. The van der Waals surface area contributed by atoms with E-state index in [2.05, 4.69) is 42.1 Å². The molecule has 0 aliphatic carbocycles. The predicted molar refractivity (Wildman–Crippen MR) is 378 cm³/mol. The van der Waals surface area contributed by atoms with Gasteiger partial charge in [0.25, 0.3) is 22.7 Å². The molecule has 4 aromatic rings. The van der Waals surface area contributed by atoms with Gasteiger partial charge in [0.2, 0.25) is 0 Å². The Balaban J connectivity index is 0.000000166. The number of nitrogens with zero attached hydrogens (tertiary/aromatic N) is 12. The molecule has 0 aromatic heterocycles. The van der Waals surface area contributed by atoms with Gasteiger partial charge in [-0.3, -0.25) is 103 Å². The molecule has 4 aromatic carbocycles. The highest BCUT2D eigenvalue weighted by atomic mass is 16.8. The number of benzene rings is 4. The number of nitrogens with one attached hydrogen (secondary N) is 4. The third-order valence-electron chi connectivity index (χ3n) is 18.7. The molecule has 44 nitrogen and oxygen atoms in total. The molecule has 8 bridgehead atoms. The number of hydrazone groups is 4. The molecular weight excluding hydrogens is 1440 g/mol. The molecule has 20 atom stereocenters. The van der Waals surface area contributed by atoms with E-state index in [-0.39, 0.29) is 167 Å². The van der Waals surface area contributed by atoms with Crippen molar-refractivity contribution in [2.75, 3.05) is 76.6 Å². The minimum atomic E-state index is -0.694. The van der Waals surface area contributed by atoms with Crippen molar-refractivity contribution in [1.29, 1.82) is 0 Å². The molecule has 8 aliphatic rings. The molecule has 108 heavy (non-hydrogen) atoms. The lowest BCUT2D eigenvalue weighted by atomic mass is 9.88. The number of non-ortho nitro benzene ring substituents is 4. The van der Waals surface area contributed by atoms with Gasteiger partial charge in [-0.1, -0.05) is 27.7 Å². The van der Waals surface area contributed by atoms with Gasteiger partial charge < -0.3 is 56.8 Å². The van der Waals surface area contributed by atoms with E-state index in [1.165, 1.54) is 48.5 Å². The van der Waals surface area contributed by atoms with Gasteiger partial charge in [-0.2, -0.15) is 20.4 Å². The summed E-state index contributed by atoms with van der Waals surface area (Å²) >= 11 is 0. The second kappa shape index (κ2) is 37.3. The maximum atomic E-state index is 11.2. The van der Waals surface area contributed by atoms with Crippen molar-refractivity contribution >= 4 is 93.1 Å². The second-order valence-corrected chi connectivity index (χ2v) is 26.3. The largest absolute Gasteiger partial charge is 0.382 e. The number of hydrogen-bond acceptors (Lipinski definition) is 36. The number of ether oxygens (including phenoxy) is 12. The van der Waals surface area contributed by atoms with Crippen LogP contribution in [-0.4, -0.2) is 193 Å². The van der Waals surface area contributed by atoms with E-state index in [0.717, 1.165) is 49.9 Å². The van der Waals surface area contributed by atoms with Crippen LogP contribution < -0.4 is 21.7 Å². The summed E-state index contributed by atoms with van der Waals surface area (Å²) in [6.07, 6.45) is 7.08. The minimum absolute atomic E-state index is 0.0523. The van der Waals surface area contributed by atoms with Crippen LogP contribution in [0.15, 0.2) is 93.2 Å². The number of nitro groups is 8. The second-order valence-electron chi connectivity index (χ2n) is 26.3. The minimum Gasteiger partial charge on any atom is -0.382 e. The SMILES string of the molecule is COC[C@H]1O[C@@H]2O[C@H]1[C@@H](/C=N/Nc1ccc([N+](=O)[O-])cc1[N+](=O)[O-])C[C@@H]2C.COC[C@H]1O[C@@H]2O[C@H]1[C@@H](/C=N/Nc1ccc([N+](=O)[O-])cc1[N+](=O)[O-])C[C@@H]2C.COC[C@H]1O[C@@H]2O[C@H]1[C@@H](/C=N/Nc1ccc([N+](=O)[O-])cc1[N+](=O)[O-])C[C@@H]2C.COC[C@H]1O[C@@H]2O[C@H]1[C@@H](/C=N/Nc1ccc([N+](=O)[O-])cc1[N+](=O)[O-])C[C@@H]2C. The molecular formula is C64H80N16O28. The molecule has 44 heteroatoms. The summed E-state index contributed by atoms with van der Waals surface area (Å²) in [7, 11) is 6.36. The highest BCUT2D eigenvalue weighted by Gasteiger charge is 2.51. The predicted octanol–water partition coefficient (Wildman–Crippen LogP) is 9.25. The first-order valence-corrected chi connectivity index (χ1v) is 33.7. The molecule has 8 heterocycles. The molecule has 584 valence electrons. The zero-order valence-electron chi connectivity index (χ0n) is 59.2. The van der Waals surface area contributed by atoms with Crippen LogP contribution in [0.25, 0.3) is 0 Å². The number of nitro benzene ring substituents is 8. The van der Waals surface area contributed by atoms with Crippen LogP contribution in [0.2, 0.25) is 0 Å². The number of methoxy groups -OCH3 is 4. The lowest BCUT2D eigenvalue weighted by Crippen LogP contribution is -2.38. The zero-order valence-corrected chi connectivity index (χ0v) is 59.2. The smallest absolute Gasteiger partial charge is 0.301 e. The molecule has 8 saturated heterocycles. The van der Waals surface area contributed by atoms with E-state index in [1.807, 2.05) is 27.7 Å². The normalized spacial score (nSPS) is 29.8. The van der Waals surface area contributed by atoms with Crippen molar-refractivity contribution in [3.63, 3.8) is 0 Å². The maximum Gasteiger partial charge on any atom is 0.301 e. The molecule has 8 aliphatic heterocycles. The number of fused-ring (bicyclic) bond motifs is 8. The number of anilines is 4. The van der Waals surface area contributed by atoms with Gasteiger partial charge in [0.15, 0.2) is 25.2 Å². The molecule has 0 spiro atoms. The van der Waals surface area contributed by atoms with Crippen molar-refractivity contribution in [2.24, 2.45) is 67.7 Å². The fourth-order valence-electron chi connectivity index (χ4n) is 13.5. The van der Waals surface area contributed by atoms with Crippen molar-refractivity contribution < 1.29 is 96.2 Å². The zero-order chi connectivity index (χ0) is 78.2. The van der Waals surface area contributed by atoms with Gasteiger partial charge in [-0.05, 0) is 49.9 Å². The van der Waals surface area contributed by atoms with E-state index in [9.17, 15) is 80.9 Å².